The number of carbonyl (C=O) groups excluding carboxylic acids is 1. The number of pyridine rings is 1. The Kier molecular flexibility index (Phi) is 4.28. The van der Waals surface area contributed by atoms with E-state index in [2.05, 4.69) is 27.9 Å². The summed E-state index contributed by atoms with van der Waals surface area (Å²) in [5, 5.41) is 2.03. The number of thiazole rings is 1. The number of rotatable bonds is 2. The van der Waals surface area contributed by atoms with Gasteiger partial charge in [-0.1, -0.05) is 23.5 Å². The van der Waals surface area contributed by atoms with Crippen LogP contribution in [0.4, 0.5) is 5.13 Å². The van der Waals surface area contributed by atoms with Crippen LogP contribution in [-0.2, 0) is 0 Å². The number of anilines is 1. The van der Waals surface area contributed by atoms with E-state index in [0.717, 1.165) is 56.2 Å². The molecule has 7 heteroatoms. The van der Waals surface area contributed by atoms with Crippen LogP contribution in [0.5, 0.6) is 0 Å². The Morgan fingerprint density at radius 2 is 1.83 bits per heavy atom. The quantitative estimate of drug-likeness (QED) is 0.496. The van der Waals surface area contributed by atoms with E-state index in [9.17, 15) is 4.79 Å². The second-order valence-corrected chi connectivity index (χ2v) is 8.52. The molecule has 1 aromatic carbocycles. The molecule has 5 rings (SSSR count). The van der Waals surface area contributed by atoms with E-state index in [-0.39, 0.29) is 5.91 Å². The highest BCUT2D eigenvalue weighted by Crippen LogP contribution is 2.32. The number of hydrogen-bond donors (Lipinski definition) is 0. The summed E-state index contributed by atoms with van der Waals surface area (Å²) in [4.78, 5) is 27.3. The topological polar surface area (TPSA) is 62.5 Å². The van der Waals surface area contributed by atoms with Gasteiger partial charge in [0, 0.05) is 43.3 Å². The van der Waals surface area contributed by atoms with Gasteiger partial charge in [-0.05, 0) is 44.0 Å². The van der Waals surface area contributed by atoms with Crippen LogP contribution < -0.4 is 4.90 Å². The maximum atomic E-state index is 13.2. The lowest BCUT2D eigenvalue weighted by Crippen LogP contribution is -2.48. The molecule has 148 valence electrons. The van der Waals surface area contributed by atoms with Crippen molar-refractivity contribution in [1.82, 2.24) is 14.9 Å². The first-order chi connectivity index (χ1) is 14.0. The Morgan fingerprint density at radius 3 is 2.55 bits per heavy atom. The van der Waals surface area contributed by atoms with E-state index in [1.54, 1.807) is 17.5 Å². The summed E-state index contributed by atoms with van der Waals surface area (Å²) in [5.74, 6) is 0.443. The highest BCUT2D eigenvalue weighted by molar-refractivity contribution is 7.21. The second kappa shape index (κ2) is 6.84. The van der Waals surface area contributed by atoms with Gasteiger partial charge in [0.15, 0.2) is 10.9 Å². The lowest BCUT2D eigenvalue weighted by Gasteiger charge is -2.34. The summed E-state index contributed by atoms with van der Waals surface area (Å²) >= 11 is 1.60. The van der Waals surface area contributed by atoms with Crippen LogP contribution in [0.15, 0.2) is 34.9 Å². The summed E-state index contributed by atoms with van der Waals surface area (Å²) in [5.41, 5.74) is 4.88. The number of nitrogens with zero attached hydrogens (tertiary/aromatic N) is 4. The molecule has 29 heavy (non-hydrogen) atoms. The summed E-state index contributed by atoms with van der Waals surface area (Å²) in [6.07, 6.45) is 1.79. The van der Waals surface area contributed by atoms with Crippen LogP contribution in [-0.4, -0.2) is 47.0 Å². The standard InChI is InChI=1S/C22H22N4O2S/c1-13-6-7-14(2)18-17(13)15(3)19(28-18)21(27)25-9-11-26(12-10-25)22-24-16-5-4-8-23-20(16)29-22/h4-8H,9-12H2,1-3H3. The Bertz CT molecular complexity index is 1200. The van der Waals surface area contributed by atoms with Gasteiger partial charge < -0.3 is 14.2 Å². The molecular weight excluding hydrogens is 384 g/mol. The molecule has 4 heterocycles. The van der Waals surface area contributed by atoms with E-state index < -0.39 is 0 Å². The van der Waals surface area contributed by atoms with Crippen molar-refractivity contribution in [2.24, 2.45) is 0 Å². The lowest BCUT2D eigenvalue weighted by molar-refractivity contribution is 0.0716. The van der Waals surface area contributed by atoms with E-state index in [1.165, 1.54) is 0 Å². The van der Waals surface area contributed by atoms with Gasteiger partial charge in [-0.25, -0.2) is 9.97 Å². The Hall–Kier alpha value is -2.93. The summed E-state index contributed by atoms with van der Waals surface area (Å²) in [6.45, 7) is 8.86. The summed E-state index contributed by atoms with van der Waals surface area (Å²) in [7, 11) is 0. The predicted octanol–water partition coefficient (Wildman–Crippen LogP) is 4.33. The Labute approximate surface area is 172 Å². The zero-order chi connectivity index (χ0) is 20.1. The molecule has 1 aliphatic rings. The van der Waals surface area contributed by atoms with Crippen molar-refractivity contribution < 1.29 is 9.21 Å². The van der Waals surface area contributed by atoms with Crippen molar-refractivity contribution in [3.05, 3.63) is 52.9 Å². The van der Waals surface area contributed by atoms with E-state index in [0.29, 0.717) is 18.8 Å². The summed E-state index contributed by atoms with van der Waals surface area (Å²) < 4.78 is 6.05. The van der Waals surface area contributed by atoms with E-state index in [4.69, 9.17) is 4.42 Å². The van der Waals surface area contributed by atoms with Crippen LogP contribution in [0.3, 0.4) is 0 Å². The van der Waals surface area contributed by atoms with Crippen molar-refractivity contribution in [2.45, 2.75) is 20.8 Å². The normalized spacial score (nSPS) is 14.9. The number of aryl methyl sites for hydroxylation is 3. The fourth-order valence-electron chi connectivity index (χ4n) is 4.02. The number of piperazine rings is 1. The zero-order valence-corrected chi connectivity index (χ0v) is 17.5. The first-order valence-corrected chi connectivity index (χ1v) is 10.6. The molecule has 1 fully saturated rings. The zero-order valence-electron chi connectivity index (χ0n) is 16.7. The maximum Gasteiger partial charge on any atom is 0.290 e. The molecule has 1 aliphatic heterocycles. The molecular formula is C22H22N4O2S. The molecule has 0 N–H and O–H groups in total. The second-order valence-electron chi connectivity index (χ2n) is 7.56. The first-order valence-electron chi connectivity index (χ1n) is 9.78. The molecule has 0 aliphatic carbocycles. The van der Waals surface area contributed by atoms with Crippen molar-refractivity contribution >= 4 is 43.7 Å². The maximum absolute atomic E-state index is 13.2. The van der Waals surface area contributed by atoms with Crippen molar-refractivity contribution in [1.29, 1.82) is 0 Å². The van der Waals surface area contributed by atoms with Gasteiger partial charge in [-0.3, -0.25) is 4.79 Å². The van der Waals surface area contributed by atoms with E-state index >= 15 is 0 Å². The van der Waals surface area contributed by atoms with Gasteiger partial charge >= 0.3 is 0 Å². The monoisotopic (exact) mass is 406 g/mol. The number of furan rings is 1. The lowest BCUT2D eigenvalue weighted by atomic mass is 10.0. The number of benzene rings is 1. The van der Waals surface area contributed by atoms with Crippen LogP contribution in [0.25, 0.3) is 21.3 Å². The van der Waals surface area contributed by atoms with Crippen LogP contribution in [0.2, 0.25) is 0 Å². The van der Waals surface area contributed by atoms with Gasteiger partial charge in [0.2, 0.25) is 0 Å². The molecule has 6 nitrogen and oxygen atoms in total. The molecule has 0 saturated carbocycles. The molecule has 0 unspecified atom stereocenters. The van der Waals surface area contributed by atoms with Gasteiger partial charge in [0.1, 0.15) is 15.9 Å². The minimum atomic E-state index is -0.0249. The molecule has 0 radical (unpaired) electrons. The minimum absolute atomic E-state index is 0.0249. The molecule has 0 bridgehead atoms. The van der Waals surface area contributed by atoms with Crippen molar-refractivity contribution in [3.63, 3.8) is 0 Å². The number of hydrogen-bond acceptors (Lipinski definition) is 6. The summed E-state index contributed by atoms with van der Waals surface area (Å²) in [6, 6.07) is 8.01. The smallest absolute Gasteiger partial charge is 0.290 e. The number of carbonyl (C=O) groups is 1. The van der Waals surface area contributed by atoms with Gasteiger partial charge in [-0.2, -0.15) is 0 Å². The van der Waals surface area contributed by atoms with E-state index in [1.807, 2.05) is 36.9 Å². The predicted molar refractivity (Wildman–Crippen MR) is 116 cm³/mol. The van der Waals surface area contributed by atoms with Crippen LogP contribution >= 0.6 is 11.3 Å². The third kappa shape index (κ3) is 2.97. The fourth-order valence-corrected chi connectivity index (χ4v) is 4.98. The molecule has 0 spiro atoms. The number of fused-ring (bicyclic) bond motifs is 2. The third-order valence-electron chi connectivity index (χ3n) is 5.67. The Morgan fingerprint density at radius 1 is 1.07 bits per heavy atom. The Balaban J connectivity index is 1.36. The molecule has 4 aromatic rings. The largest absolute Gasteiger partial charge is 0.450 e. The van der Waals surface area contributed by atoms with Gasteiger partial charge in [0.05, 0.1) is 0 Å². The van der Waals surface area contributed by atoms with Crippen molar-refractivity contribution in [2.75, 3.05) is 31.1 Å². The van der Waals surface area contributed by atoms with Crippen LogP contribution in [0.1, 0.15) is 27.2 Å². The van der Waals surface area contributed by atoms with Gasteiger partial charge in [0.25, 0.3) is 5.91 Å². The average molecular weight is 407 g/mol. The number of aromatic nitrogens is 2. The third-order valence-corrected chi connectivity index (χ3v) is 6.71. The molecule has 0 atom stereocenters. The highest BCUT2D eigenvalue weighted by atomic mass is 32.1. The van der Waals surface area contributed by atoms with Crippen LogP contribution in [0, 0.1) is 20.8 Å². The molecule has 1 saturated heterocycles. The number of amides is 1. The highest BCUT2D eigenvalue weighted by Gasteiger charge is 2.28. The molecule has 1 amide bonds. The molecule has 3 aromatic heterocycles. The first kappa shape index (κ1) is 18.1. The van der Waals surface area contributed by atoms with Gasteiger partial charge in [-0.15, -0.1) is 0 Å². The fraction of sp³-hybridized carbons (Fsp3) is 0.318. The average Bonchev–Trinajstić information content (AvgIpc) is 3.32. The van der Waals surface area contributed by atoms with Crippen molar-refractivity contribution in [3.8, 4) is 0 Å². The minimum Gasteiger partial charge on any atom is -0.450 e. The SMILES string of the molecule is Cc1ccc(C)c2c(C)c(C(=O)N3CCN(c4nc5cccnc5s4)CC3)oc12.